The molecular weight excluding hydrogens is 416 g/mol. The monoisotopic (exact) mass is 440 g/mol. The fourth-order valence-electron chi connectivity index (χ4n) is 3.15. The lowest BCUT2D eigenvalue weighted by Gasteiger charge is -2.14. The highest BCUT2D eigenvalue weighted by Gasteiger charge is 2.15. The van der Waals surface area contributed by atoms with Crippen LogP contribution in [-0.4, -0.2) is 19.0 Å². The van der Waals surface area contributed by atoms with Gasteiger partial charge in [0, 0.05) is 5.56 Å². The third-order valence-electron chi connectivity index (χ3n) is 5.00. The molecule has 0 aliphatic rings. The summed E-state index contributed by atoms with van der Waals surface area (Å²) in [7, 11) is 1.34. The van der Waals surface area contributed by atoms with Gasteiger partial charge in [-0.1, -0.05) is 60.7 Å². The summed E-state index contributed by atoms with van der Waals surface area (Å²) in [6, 6.07) is 25.4. The quantitative estimate of drug-likeness (QED) is 0.308. The lowest BCUT2D eigenvalue weighted by molar-refractivity contribution is -0.117. The molecule has 0 spiro atoms. The van der Waals surface area contributed by atoms with Crippen molar-refractivity contribution in [1.29, 1.82) is 5.26 Å². The SMILES string of the molecule is COC(=O)c1ccc(COc2ccccc2/C=C(\C#N)C(=O)NC(C)c2ccccc2)cc1. The zero-order chi connectivity index (χ0) is 23.6. The normalized spacial score (nSPS) is 11.7. The van der Waals surface area contributed by atoms with Crippen molar-refractivity contribution in [2.45, 2.75) is 19.6 Å². The van der Waals surface area contributed by atoms with E-state index in [0.29, 0.717) is 16.9 Å². The first-order chi connectivity index (χ1) is 16.0. The average Bonchev–Trinajstić information content (AvgIpc) is 2.86. The van der Waals surface area contributed by atoms with E-state index in [1.54, 1.807) is 36.4 Å². The fraction of sp³-hybridized carbons (Fsp3) is 0.148. The third kappa shape index (κ3) is 6.31. The van der Waals surface area contributed by atoms with Gasteiger partial charge in [-0.2, -0.15) is 5.26 Å². The molecule has 1 unspecified atom stereocenters. The van der Waals surface area contributed by atoms with Gasteiger partial charge in [0.15, 0.2) is 0 Å². The number of hydrogen-bond donors (Lipinski definition) is 1. The molecule has 0 saturated carbocycles. The highest BCUT2D eigenvalue weighted by Crippen LogP contribution is 2.23. The summed E-state index contributed by atoms with van der Waals surface area (Å²) >= 11 is 0. The summed E-state index contributed by atoms with van der Waals surface area (Å²) in [6.45, 7) is 2.12. The van der Waals surface area contributed by atoms with E-state index in [0.717, 1.165) is 11.1 Å². The van der Waals surface area contributed by atoms with Crippen molar-refractivity contribution in [3.05, 3.63) is 107 Å². The number of ether oxygens (including phenoxy) is 2. The van der Waals surface area contributed by atoms with Crippen LogP contribution >= 0.6 is 0 Å². The Morgan fingerprint density at radius 1 is 1.00 bits per heavy atom. The van der Waals surface area contributed by atoms with Crippen molar-refractivity contribution >= 4 is 18.0 Å². The molecule has 166 valence electrons. The van der Waals surface area contributed by atoms with Crippen molar-refractivity contribution in [2.24, 2.45) is 0 Å². The molecule has 6 heteroatoms. The topological polar surface area (TPSA) is 88.4 Å². The number of rotatable bonds is 8. The summed E-state index contributed by atoms with van der Waals surface area (Å²) < 4.78 is 10.6. The summed E-state index contributed by atoms with van der Waals surface area (Å²) in [6.07, 6.45) is 1.52. The van der Waals surface area contributed by atoms with Crippen LogP contribution in [0.5, 0.6) is 5.75 Å². The van der Waals surface area contributed by atoms with Crippen molar-refractivity contribution in [2.75, 3.05) is 7.11 Å². The van der Waals surface area contributed by atoms with Crippen LogP contribution in [-0.2, 0) is 16.1 Å². The highest BCUT2D eigenvalue weighted by atomic mass is 16.5. The molecule has 0 bridgehead atoms. The van der Waals surface area contributed by atoms with Crippen LogP contribution in [0.2, 0.25) is 0 Å². The minimum Gasteiger partial charge on any atom is -0.488 e. The number of amides is 1. The number of benzene rings is 3. The molecule has 3 aromatic carbocycles. The Morgan fingerprint density at radius 3 is 2.33 bits per heavy atom. The van der Waals surface area contributed by atoms with Gasteiger partial charge in [-0.05, 0) is 42.3 Å². The number of methoxy groups -OCH3 is 1. The van der Waals surface area contributed by atoms with E-state index in [2.05, 4.69) is 5.32 Å². The second-order valence-corrected chi connectivity index (χ2v) is 7.29. The van der Waals surface area contributed by atoms with E-state index >= 15 is 0 Å². The van der Waals surface area contributed by atoms with Crippen molar-refractivity contribution in [3.63, 3.8) is 0 Å². The van der Waals surface area contributed by atoms with Crippen LogP contribution in [0.25, 0.3) is 6.08 Å². The average molecular weight is 440 g/mol. The van der Waals surface area contributed by atoms with E-state index in [-0.39, 0.29) is 18.2 Å². The molecular formula is C27H24N2O4. The number of esters is 1. The molecule has 3 rings (SSSR count). The smallest absolute Gasteiger partial charge is 0.337 e. The lowest BCUT2D eigenvalue weighted by Crippen LogP contribution is -2.27. The van der Waals surface area contributed by atoms with Crippen LogP contribution in [0.4, 0.5) is 0 Å². The third-order valence-corrected chi connectivity index (χ3v) is 5.00. The van der Waals surface area contributed by atoms with Gasteiger partial charge in [-0.25, -0.2) is 4.79 Å². The number of hydrogen-bond acceptors (Lipinski definition) is 5. The molecule has 0 aliphatic carbocycles. The molecule has 0 radical (unpaired) electrons. The van der Waals surface area contributed by atoms with Gasteiger partial charge in [0.25, 0.3) is 5.91 Å². The van der Waals surface area contributed by atoms with Crippen LogP contribution < -0.4 is 10.1 Å². The predicted octanol–water partition coefficient (Wildman–Crippen LogP) is 4.84. The number of nitriles is 1. The fourth-order valence-corrected chi connectivity index (χ4v) is 3.15. The molecule has 1 atom stereocenters. The lowest BCUT2D eigenvalue weighted by atomic mass is 10.1. The number of carbonyl (C=O) groups excluding carboxylic acids is 2. The molecule has 1 amide bonds. The maximum absolute atomic E-state index is 12.7. The Hall–Kier alpha value is -4.37. The van der Waals surface area contributed by atoms with E-state index in [9.17, 15) is 14.9 Å². The second kappa shape index (κ2) is 11.3. The molecule has 0 aromatic heterocycles. The number of carbonyl (C=O) groups is 2. The predicted molar refractivity (Wildman–Crippen MR) is 125 cm³/mol. The van der Waals surface area contributed by atoms with Crippen LogP contribution in [0, 0.1) is 11.3 Å². The Morgan fingerprint density at radius 2 is 1.67 bits per heavy atom. The van der Waals surface area contributed by atoms with Crippen LogP contribution in [0.3, 0.4) is 0 Å². The molecule has 6 nitrogen and oxygen atoms in total. The number of para-hydroxylation sites is 1. The number of nitrogens with zero attached hydrogens (tertiary/aromatic N) is 1. The Labute approximate surface area is 193 Å². The molecule has 33 heavy (non-hydrogen) atoms. The van der Waals surface area contributed by atoms with Gasteiger partial charge < -0.3 is 14.8 Å². The van der Waals surface area contributed by atoms with Crippen LogP contribution in [0.15, 0.2) is 84.4 Å². The largest absolute Gasteiger partial charge is 0.488 e. The van der Waals surface area contributed by atoms with Gasteiger partial charge in [0.1, 0.15) is 24.0 Å². The van der Waals surface area contributed by atoms with Gasteiger partial charge in [0.2, 0.25) is 0 Å². The Bertz CT molecular complexity index is 1180. The van der Waals surface area contributed by atoms with E-state index in [1.807, 2.05) is 55.5 Å². The van der Waals surface area contributed by atoms with Crippen molar-refractivity contribution in [3.8, 4) is 11.8 Å². The first-order valence-electron chi connectivity index (χ1n) is 10.4. The Balaban J connectivity index is 1.72. The van der Waals surface area contributed by atoms with Gasteiger partial charge >= 0.3 is 5.97 Å². The first kappa shape index (κ1) is 23.3. The van der Waals surface area contributed by atoms with Crippen LogP contribution in [0.1, 0.15) is 40.0 Å². The molecule has 3 aromatic rings. The van der Waals surface area contributed by atoms with E-state index in [4.69, 9.17) is 9.47 Å². The molecule has 0 saturated heterocycles. The molecule has 0 fully saturated rings. The van der Waals surface area contributed by atoms with E-state index < -0.39 is 11.9 Å². The van der Waals surface area contributed by atoms with E-state index in [1.165, 1.54) is 13.2 Å². The second-order valence-electron chi connectivity index (χ2n) is 7.29. The maximum Gasteiger partial charge on any atom is 0.337 e. The summed E-state index contributed by atoms with van der Waals surface area (Å²) in [5, 5.41) is 12.4. The molecule has 0 aliphatic heterocycles. The highest BCUT2D eigenvalue weighted by molar-refractivity contribution is 6.02. The maximum atomic E-state index is 12.7. The first-order valence-corrected chi connectivity index (χ1v) is 10.4. The Kier molecular flexibility index (Phi) is 7.98. The minimum absolute atomic E-state index is 0.0173. The van der Waals surface area contributed by atoms with Crippen molar-refractivity contribution < 1.29 is 19.1 Å². The zero-order valence-corrected chi connectivity index (χ0v) is 18.4. The number of nitrogens with one attached hydrogen (secondary N) is 1. The minimum atomic E-state index is -0.456. The summed E-state index contributed by atoms with van der Waals surface area (Å²) in [5.41, 5.74) is 2.86. The molecule has 0 heterocycles. The van der Waals surface area contributed by atoms with Gasteiger partial charge in [0.05, 0.1) is 18.7 Å². The summed E-state index contributed by atoms with van der Waals surface area (Å²) in [5.74, 6) is -0.324. The standard InChI is InChI=1S/C27H24N2O4/c1-19(21-8-4-3-5-9-21)29-26(30)24(17-28)16-23-10-6-7-11-25(23)33-18-20-12-14-22(15-13-20)27(31)32-2/h3-16,19H,18H2,1-2H3,(H,29,30)/b24-16+. The van der Waals surface area contributed by atoms with Gasteiger partial charge in [-0.3, -0.25) is 4.79 Å². The van der Waals surface area contributed by atoms with Crippen molar-refractivity contribution in [1.82, 2.24) is 5.32 Å². The molecule has 1 N–H and O–H groups in total. The zero-order valence-electron chi connectivity index (χ0n) is 18.4. The van der Waals surface area contributed by atoms with Gasteiger partial charge in [-0.15, -0.1) is 0 Å². The summed E-state index contributed by atoms with van der Waals surface area (Å²) in [4.78, 5) is 24.2.